The third kappa shape index (κ3) is 2.92. The highest BCUT2D eigenvalue weighted by Crippen LogP contribution is 2.20. The predicted octanol–water partition coefficient (Wildman–Crippen LogP) is 1.79. The minimum atomic E-state index is -0.535. The highest BCUT2D eigenvalue weighted by atomic mass is 79.9. The topological polar surface area (TPSA) is 70.6 Å². The molecule has 0 spiro atoms. The molecular formula is C11H9BrFN3O2. The van der Waals surface area contributed by atoms with Crippen molar-refractivity contribution in [3.05, 3.63) is 28.5 Å². The molecule has 0 fully saturated rings. The van der Waals surface area contributed by atoms with Gasteiger partial charge in [0.1, 0.15) is 11.5 Å². The van der Waals surface area contributed by atoms with E-state index in [2.05, 4.69) is 31.8 Å². The maximum atomic E-state index is 13.4. The molecule has 2 amide bonds. The summed E-state index contributed by atoms with van der Waals surface area (Å²) in [6.45, 7) is 0. The number of carbonyl (C=O) groups is 2. The second kappa shape index (κ2) is 5.26. The average molecular weight is 314 g/mol. The van der Waals surface area contributed by atoms with Gasteiger partial charge < -0.3 is 5.32 Å². The minimum absolute atomic E-state index is 0.0639. The predicted molar refractivity (Wildman–Crippen MR) is 67.5 cm³/mol. The summed E-state index contributed by atoms with van der Waals surface area (Å²) in [4.78, 5) is 22.6. The van der Waals surface area contributed by atoms with E-state index in [9.17, 15) is 14.0 Å². The molecule has 0 aromatic heterocycles. The number of anilines is 1. The zero-order valence-electron chi connectivity index (χ0n) is 9.17. The van der Waals surface area contributed by atoms with Gasteiger partial charge >= 0.3 is 0 Å². The van der Waals surface area contributed by atoms with Crippen molar-refractivity contribution in [3.63, 3.8) is 0 Å². The molecular weight excluding hydrogens is 305 g/mol. The van der Waals surface area contributed by atoms with Crippen molar-refractivity contribution in [2.45, 2.75) is 12.8 Å². The number of nitrogens with one attached hydrogen (secondary N) is 2. The molecule has 0 saturated heterocycles. The normalized spacial score (nSPS) is 14.8. The molecule has 2 N–H and O–H groups in total. The fourth-order valence-electron chi connectivity index (χ4n) is 1.43. The van der Waals surface area contributed by atoms with Gasteiger partial charge in [0.15, 0.2) is 0 Å². The fraction of sp³-hybridized carbons (Fsp3) is 0.182. The van der Waals surface area contributed by atoms with Gasteiger partial charge in [-0.3, -0.25) is 9.59 Å². The van der Waals surface area contributed by atoms with Crippen molar-refractivity contribution in [2.24, 2.45) is 5.10 Å². The monoisotopic (exact) mass is 313 g/mol. The fourth-order valence-corrected chi connectivity index (χ4v) is 1.79. The molecule has 0 unspecified atom stereocenters. The molecule has 0 radical (unpaired) electrons. The summed E-state index contributed by atoms with van der Waals surface area (Å²) < 4.78 is 14.1. The Morgan fingerprint density at radius 2 is 2.22 bits per heavy atom. The Morgan fingerprint density at radius 1 is 1.44 bits per heavy atom. The van der Waals surface area contributed by atoms with Crippen molar-refractivity contribution < 1.29 is 14.0 Å². The summed E-state index contributed by atoms with van der Waals surface area (Å²) in [7, 11) is 0. The summed E-state index contributed by atoms with van der Waals surface area (Å²) >= 11 is 3.18. The highest BCUT2D eigenvalue weighted by Gasteiger charge is 2.19. The highest BCUT2D eigenvalue weighted by molar-refractivity contribution is 9.10. The summed E-state index contributed by atoms with van der Waals surface area (Å²) in [5.41, 5.74) is 2.45. The van der Waals surface area contributed by atoms with E-state index in [0.29, 0.717) is 4.47 Å². The van der Waals surface area contributed by atoms with Gasteiger partial charge in [0.2, 0.25) is 5.91 Å². The van der Waals surface area contributed by atoms with Crippen molar-refractivity contribution in [1.82, 2.24) is 5.43 Å². The van der Waals surface area contributed by atoms with E-state index in [4.69, 9.17) is 0 Å². The lowest BCUT2D eigenvalue weighted by Crippen LogP contribution is -2.32. The van der Waals surface area contributed by atoms with E-state index in [1.54, 1.807) is 0 Å². The molecule has 1 aromatic rings. The standard InChI is InChI=1S/C11H9BrFN3O2/c12-6-1-2-7(13)9(5-6)14-11(18)8-3-4-10(17)16-15-8/h1-2,5H,3-4H2,(H,14,18)(H,16,17). The van der Waals surface area contributed by atoms with Gasteiger partial charge in [-0.1, -0.05) is 15.9 Å². The maximum Gasteiger partial charge on any atom is 0.271 e. The Morgan fingerprint density at radius 3 is 2.89 bits per heavy atom. The first-order chi connectivity index (χ1) is 8.56. The number of halogens is 2. The molecule has 0 saturated carbocycles. The van der Waals surface area contributed by atoms with Crippen LogP contribution in [0.2, 0.25) is 0 Å². The summed E-state index contributed by atoms with van der Waals surface area (Å²) in [5, 5.41) is 6.04. The second-order valence-electron chi connectivity index (χ2n) is 3.67. The van der Waals surface area contributed by atoms with Crippen LogP contribution in [0.1, 0.15) is 12.8 Å². The quantitative estimate of drug-likeness (QED) is 0.874. The first-order valence-corrected chi connectivity index (χ1v) is 5.97. The van der Waals surface area contributed by atoms with Crippen LogP contribution in [0, 0.1) is 5.82 Å². The lowest BCUT2D eigenvalue weighted by Gasteiger charge is -2.12. The Kier molecular flexibility index (Phi) is 3.71. The number of benzene rings is 1. The lowest BCUT2D eigenvalue weighted by atomic mass is 10.1. The minimum Gasteiger partial charge on any atom is -0.318 e. The van der Waals surface area contributed by atoms with Gasteiger partial charge in [-0.2, -0.15) is 5.10 Å². The SMILES string of the molecule is O=C1CCC(C(=O)Nc2cc(Br)ccc2F)=NN1. The number of hydrogen-bond acceptors (Lipinski definition) is 3. The van der Waals surface area contributed by atoms with Gasteiger partial charge in [-0.25, -0.2) is 9.82 Å². The van der Waals surface area contributed by atoms with Gasteiger partial charge in [0.05, 0.1) is 5.69 Å². The Labute approximate surface area is 111 Å². The zero-order valence-corrected chi connectivity index (χ0v) is 10.8. The smallest absolute Gasteiger partial charge is 0.271 e. The van der Waals surface area contributed by atoms with Crippen molar-refractivity contribution in [2.75, 3.05) is 5.32 Å². The van der Waals surface area contributed by atoms with Gasteiger partial charge in [-0.15, -0.1) is 0 Å². The number of hydrazone groups is 1. The average Bonchev–Trinajstić information content (AvgIpc) is 2.34. The third-order valence-electron chi connectivity index (χ3n) is 2.34. The maximum absolute atomic E-state index is 13.4. The second-order valence-corrected chi connectivity index (χ2v) is 4.59. The number of carbonyl (C=O) groups excluding carboxylic acids is 2. The molecule has 0 aliphatic carbocycles. The summed E-state index contributed by atoms with van der Waals surface area (Å²) in [6.07, 6.45) is 0.445. The van der Waals surface area contributed by atoms with Crippen molar-refractivity contribution >= 4 is 39.1 Å². The Bertz CT molecular complexity index is 545. The van der Waals surface area contributed by atoms with Crippen molar-refractivity contribution in [1.29, 1.82) is 0 Å². The first-order valence-electron chi connectivity index (χ1n) is 5.18. The summed E-state index contributed by atoms with van der Waals surface area (Å²) in [6, 6.07) is 4.22. The van der Waals surface area contributed by atoms with E-state index in [1.165, 1.54) is 18.2 Å². The van der Waals surface area contributed by atoms with E-state index in [1.807, 2.05) is 0 Å². The molecule has 1 aliphatic rings. The van der Waals surface area contributed by atoms with Crippen LogP contribution in [-0.2, 0) is 9.59 Å². The molecule has 7 heteroatoms. The van der Waals surface area contributed by atoms with Crippen LogP contribution in [0.25, 0.3) is 0 Å². The largest absolute Gasteiger partial charge is 0.318 e. The molecule has 1 aliphatic heterocycles. The van der Waals surface area contributed by atoms with Gasteiger partial charge in [0.25, 0.3) is 5.91 Å². The van der Waals surface area contributed by atoms with E-state index >= 15 is 0 Å². The molecule has 1 aromatic carbocycles. The summed E-state index contributed by atoms with van der Waals surface area (Å²) in [5.74, 6) is -1.29. The van der Waals surface area contributed by atoms with Crippen LogP contribution in [0.3, 0.4) is 0 Å². The third-order valence-corrected chi connectivity index (χ3v) is 2.84. The Balaban J connectivity index is 2.12. The van der Waals surface area contributed by atoms with Crippen LogP contribution in [-0.4, -0.2) is 17.5 Å². The molecule has 2 rings (SSSR count). The molecule has 18 heavy (non-hydrogen) atoms. The number of rotatable bonds is 2. The molecule has 1 heterocycles. The van der Waals surface area contributed by atoms with Crippen LogP contribution in [0.15, 0.2) is 27.8 Å². The number of nitrogens with zero attached hydrogens (tertiary/aromatic N) is 1. The number of amides is 2. The van der Waals surface area contributed by atoms with Crippen molar-refractivity contribution in [3.8, 4) is 0 Å². The van der Waals surface area contributed by atoms with E-state index in [0.717, 1.165) is 0 Å². The van der Waals surface area contributed by atoms with Crippen LogP contribution >= 0.6 is 15.9 Å². The van der Waals surface area contributed by atoms with Gasteiger partial charge in [0, 0.05) is 17.3 Å². The van der Waals surface area contributed by atoms with E-state index in [-0.39, 0.29) is 30.1 Å². The van der Waals surface area contributed by atoms with Gasteiger partial charge in [-0.05, 0) is 18.2 Å². The Hall–Kier alpha value is -1.76. The molecule has 5 nitrogen and oxygen atoms in total. The van der Waals surface area contributed by atoms with Crippen LogP contribution in [0.4, 0.5) is 10.1 Å². The van der Waals surface area contributed by atoms with E-state index < -0.39 is 11.7 Å². The lowest BCUT2D eigenvalue weighted by molar-refractivity contribution is -0.121. The van der Waals surface area contributed by atoms with Crippen LogP contribution < -0.4 is 10.7 Å². The zero-order chi connectivity index (χ0) is 13.1. The first kappa shape index (κ1) is 12.7. The molecule has 0 atom stereocenters. The molecule has 0 bridgehead atoms. The number of hydrogen-bond donors (Lipinski definition) is 2. The molecule has 94 valence electrons. The van der Waals surface area contributed by atoms with Crippen LogP contribution in [0.5, 0.6) is 0 Å².